The second-order valence-corrected chi connectivity index (χ2v) is 17.0. The lowest BCUT2D eigenvalue weighted by molar-refractivity contribution is 0.0191. The van der Waals surface area contributed by atoms with Crippen molar-refractivity contribution in [1.82, 2.24) is 0 Å². The molecule has 3 aromatic carbocycles. The lowest BCUT2D eigenvalue weighted by Crippen LogP contribution is -2.43. The van der Waals surface area contributed by atoms with Gasteiger partial charge >= 0.3 is 0 Å². The van der Waals surface area contributed by atoms with Crippen LogP contribution in [-0.4, -0.2) is 35.8 Å². The number of fused-ring (bicyclic) bond motifs is 1. The molecule has 4 unspecified atom stereocenters. The molecule has 4 atom stereocenters. The Morgan fingerprint density at radius 1 is 0.750 bits per heavy atom. The zero-order valence-corrected chi connectivity index (χ0v) is 25.7. The van der Waals surface area contributed by atoms with Gasteiger partial charge in [0.2, 0.25) is 8.32 Å². The van der Waals surface area contributed by atoms with Crippen LogP contribution in [0.25, 0.3) is 0 Å². The molecule has 0 saturated carbocycles. The van der Waals surface area contributed by atoms with Crippen molar-refractivity contribution >= 4 is 8.32 Å². The molecule has 2 aliphatic rings. The Bertz CT molecular complexity index is 1300. The van der Waals surface area contributed by atoms with E-state index in [0.29, 0.717) is 25.6 Å². The molecule has 5 rings (SSSR count). The molecule has 214 valence electrons. The van der Waals surface area contributed by atoms with Gasteiger partial charge in [0, 0.05) is 17.9 Å². The summed E-state index contributed by atoms with van der Waals surface area (Å²) >= 11 is 0. The molecule has 0 aliphatic carbocycles. The van der Waals surface area contributed by atoms with Crippen LogP contribution in [0, 0.1) is 11.8 Å². The van der Waals surface area contributed by atoms with E-state index in [-0.39, 0.29) is 29.1 Å². The first kappa shape index (κ1) is 28.5. The molecule has 0 N–H and O–H groups in total. The van der Waals surface area contributed by atoms with Crippen LogP contribution in [0.4, 0.5) is 0 Å². The van der Waals surface area contributed by atoms with Crippen molar-refractivity contribution in [3.8, 4) is 23.0 Å². The van der Waals surface area contributed by atoms with E-state index in [1.807, 2.05) is 36.4 Å². The van der Waals surface area contributed by atoms with Crippen LogP contribution in [0.1, 0.15) is 49.7 Å². The van der Waals surface area contributed by atoms with Gasteiger partial charge in [-0.15, -0.1) is 0 Å². The van der Waals surface area contributed by atoms with E-state index in [0.717, 1.165) is 33.9 Å². The summed E-state index contributed by atoms with van der Waals surface area (Å²) in [6, 6.07) is 22.4. The molecular weight excluding hydrogens is 520 g/mol. The first-order valence-electron chi connectivity index (χ1n) is 14.1. The number of ether oxygens (including phenoxy) is 5. The van der Waals surface area contributed by atoms with E-state index in [9.17, 15) is 0 Å². The lowest BCUT2D eigenvalue weighted by Gasteiger charge is -2.36. The Hall–Kier alpha value is -3.00. The highest BCUT2D eigenvalue weighted by Crippen LogP contribution is 2.52. The van der Waals surface area contributed by atoms with E-state index < -0.39 is 8.32 Å². The Balaban J connectivity index is 1.32. The van der Waals surface area contributed by atoms with Crippen molar-refractivity contribution in [3.63, 3.8) is 0 Å². The number of methoxy groups -OCH3 is 2. The normalized spacial score (nSPS) is 22.6. The molecule has 2 aliphatic heterocycles. The molecule has 7 heteroatoms. The zero-order chi connectivity index (χ0) is 28.5. The molecule has 2 fully saturated rings. The summed E-state index contributed by atoms with van der Waals surface area (Å²) in [6.07, 6.45) is -0.150. The molecular formula is C33H42O6Si. The van der Waals surface area contributed by atoms with E-state index in [2.05, 4.69) is 64.2 Å². The second kappa shape index (κ2) is 11.5. The number of hydrogen-bond acceptors (Lipinski definition) is 6. The molecule has 0 radical (unpaired) electrons. The summed E-state index contributed by atoms with van der Waals surface area (Å²) in [7, 11) is 1.36. The summed E-state index contributed by atoms with van der Waals surface area (Å²) in [5, 5.41) is 0.0981. The Morgan fingerprint density at radius 3 is 2.02 bits per heavy atom. The number of benzene rings is 3. The predicted molar refractivity (Wildman–Crippen MR) is 159 cm³/mol. The molecule has 0 spiro atoms. The van der Waals surface area contributed by atoms with Crippen LogP contribution < -0.4 is 18.6 Å². The predicted octanol–water partition coefficient (Wildman–Crippen LogP) is 7.74. The van der Waals surface area contributed by atoms with Crippen LogP contribution in [0.2, 0.25) is 18.1 Å². The van der Waals surface area contributed by atoms with Gasteiger partial charge in [0.15, 0.2) is 11.5 Å². The van der Waals surface area contributed by atoms with Crippen molar-refractivity contribution < 1.29 is 28.1 Å². The highest BCUT2D eigenvalue weighted by Gasteiger charge is 2.48. The molecule has 0 bridgehead atoms. The lowest BCUT2D eigenvalue weighted by atomic mass is 9.85. The zero-order valence-electron chi connectivity index (χ0n) is 24.7. The maximum atomic E-state index is 6.64. The quantitative estimate of drug-likeness (QED) is 0.249. The van der Waals surface area contributed by atoms with Crippen molar-refractivity contribution in [2.45, 2.75) is 57.7 Å². The third kappa shape index (κ3) is 5.87. The van der Waals surface area contributed by atoms with Crippen molar-refractivity contribution in [2.75, 3.05) is 27.4 Å². The van der Waals surface area contributed by atoms with Crippen LogP contribution in [0.3, 0.4) is 0 Å². The first-order valence-corrected chi connectivity index (χ1v) is 17.0. The summed E-state index contributed by atoms with van der Waals surface area (Å²) in [5.41, 5.74) is 3.26. The molecule has 3 aromatic rings. The van der Waals surface area contributed by atoms with Gasteiger partial charge in [-0.25, -0.2) is 0 Å². The van der Waals surface area contributed by atoms with Crippen molar-refractivity contribution in [1.29, 1.82) is 0 Å². The number of hydrogen-bond donors (Lipinski definition) is 0. The first-order chi connectivity index (χ1) is 19.1. The SMILES string of the molecule is COc1cc(O[Si](C)(C)C(C)(C)C)cc(C2OCC3C(c4ccc(OCc5ccccc5)c(OC)c4)OCC23)c1. The van der Waals surface area contributed by atoms with Crippen molar-refractivity contribution in [2.24, 2.45) is 11.8 Å². The second-order valence-electron chi connectivity index (χ2n) is 12.3. The highest BCUT2D eigenvalue weighted by molar-refractivity contribution is 6.74. The summed E-state index contributed by atoms with van der Waals surface area (Å²) in [6.45, 7) is 13.0. The topological polar surface area (TPSA) is 55.4 Å². The fourth-order valence-corrected chi connectivity index (χ4v) is 6.35. The van der Waals surface area contributed by atoms with Crippen LogP contribution in [0.5, 0.6) is 23.0 Å². The van der Waals surface area contributed by atoms with Crippen LogP contribution >= 0.6 is 0 Å². The molecule has 40 heavy (non-hydrogen) atoms. The minimum Gasteiger partial charge on any atom is -0.543 e. The van der Waals surface area contributed by atoms with E-state index in [1.54, 1.807) is 14.2 Å². The van der Waals surface area contributed by atoms with Crippen molar-refractivity contribution in [3.05, 3.63) is 83.4 Å². The fraction of sp³-hybridized carbons (Fsp3) is 0.455. The minimum absolute atomic E-state index is 0.0689. The molecule has 0 aromatic heterocycles. The molecule has 2 heterocycles. The summed E-state index contributed by atoms with van der Waals surface area (Å²) in [4.78, 5) is 0. The Morgan fingerprint density at radius 2 is 1.40 bits per heavy atom. The largest absolute Gasteiger partial charge is 0.543 e. The van der Waals surface area contributed by atoms with E-state index in [4.69, 9.17) is 28.1 Å². The number of rotatable bonds is 9. The molecule has 2 saturated heterocycles. The van der Waals surface area contributed by atoms with Gasteiger partial charge in [-0.1, -0.05) is 57.2 Å². The minimum atomic E-state index is -2.01. The highest BCUT2D eigenvalue weighted by atomic mass is 28.4. The standard InChI is InChI=1S/C33H42O6Si/c1-33(2,3)40(6,7)39-26-16-24(15-25(18-26)34-4)32-28-21-37-31(27(28)20-38-32)23-13-14-29(30(17-23)35-5)36-19-22-11-9-8-10-12-22/h8-18,27-28,31-32H,19-21H2,1-7H3. The van der Waals surface area contributed by atoms with Gasteiger partial charge in [-0.3, -0.25) is 0 Å². The van der Waals surface area contributed by atoms with Gasteiger partial charge in [0.1, 0.15) is 18.1 Å². The molecule has 6 nitrogen and oxygen atoms in total. The fourth-order valence-electron chi connectivity index (χ4n) is 5.33. The maximum Gasteiger partial charge on any atom is 0.250 e. The monoisotopic (exact) mass is 562 g/mol. The van der Waals surface area contributed by atoms with Gasteiger partial charge in [-0.2, -0.15) is 0 Å². The summed E-state index contributed by atoms with van der Waals surface area (Å²) < 4.78 is 36.9. The van der Waals surface area contributed by atoms with Gasteiger partial charge in [0.25, 0.3) is 0 Å². The average molecular weight is 563 g/mol. The van der Waals surface area contributed by atoms with E-state index >= 15 is 0 Å². The van der Waals surface area contributed by atoms with E-state index in [1.165, 1.54) is 0 Å². The summed E-state index contributed by atoms with van der Waals surface area (Å²) in [5.74, 6) is 3.52. The van der Waals surface area contributed by atoms with Gasteiger partial charge < -0.3 is 28.1 Å². The third-order valence-electron chi connectivity index (χ3n) is 8.66. The van der Waals surface area contributed by atoms with Gasteiger partial charge in [-0.05, 0) is 59.1 Å². The van der Waals surface area contributed by atoms with Crippen LogP contribution in [0.15, 0.2) is 66.7 Å². The van der Waals surface area contributed by atoms with Crippen LogP contribution in [-0.2, 0) is 16.1 Å². The Kier molecular flexibility index (Phi) is 8.18. The maximum absolute atomic E-state index is 6.64. The molecule has 0 amide bonds. The smallest absolute Gasteiger partial charge is 0.250 e. The van der Waals surface area contributed by atoms with Gasteiger partial charge in [0.05, 0.1) is 39.6 Å². The Labute approximate surface area is 239 Å². The third-order valence-corrected chi connectivity index (χ3v) is 13.0. The average Bonchev–Trinajstić information content (AvgIpc) is 3.54.